The Balaban J connectivity index is 1.56. The number of amides is 1. The molecule has 0 aliphatic heterocycles. The van der Waals surface area contributed by atoms with E-state index in [0.717, 1.165) is 44.2 Å². The van der Waals surface area contributed by atoms with Gasteiger partial charge in [-0.1, -0.05) is 49.4 Å². The number of thioether (sulfide) groups is 1. The number of hydrogen-bond donors (Lipinski definition) is 2. The van der Waals surface area contributed by atoms with Crippen molar-refractivity contribution in [2.75, 3.05) is 0 Å². The van der Waals surface area contributed by atoms with Gasteiger partial charge in [0.15, 0.2) is 5.16 Å². The van der Waals surface area contributed by atoms with E-state index in [9.17, 15) is 13.2 Å². The van der Waals surface area contributed by atoms with Crippen molar-refractivity contribution in [3.8, 4) is 0 Å². The smallest absolute Gasteiger partial charge is 0.238 e. The Kier molecular flexibility index (Phi) is 7.11. The largest absolute Gasteiger partial charge is 0.348 e. The quantitative estimate of drug-likeness (QED) is 0.465. The highest BCUT2D eigenvalue weighted by Crippen LogP contribution is 2.32. The number of aryl methyl sites for hydroxylation is 2. The SMILES string of the molecule is CCCCn1c(S[C@@H](C)C(=O)N[C@H]2CCCc3ccccc32)nc2cc(S(N)(=O)=O)ccc21. The number of carbonyl (C=O) groups is 1. The van der Waals surface area contributed by atoms with Crippen LogP contribution in [0.2, 0.25) is 0 Å². The van der Waals surface area contributed by atoms with Crippen molar-refractivity contribution < 1.29 is 13.2 Å². The monoisotopic (exact) mass is 486 g/mol. The molecule has 1 aliphatic carbocycles. The van der Waals surface area contributed by atoms with Crippen LogP contribution in [0.3, 0.4) is 0 Å². The molecule has 0 saturated heterocycles. The van der Waals surface area contributed by atoms with Crippen LogP contribution in [0.25, 0.3) is 11.0 Å². The molecule has 33 heavy (non-hydrogen) atoms. The first-order valence-corrected chi connectivity index (χ1v) is 13.8. The molecule has 0 bridgehead atoms. The molecule has 0 fully saturated rings. The number of nitrogens with one attached hydrogen (secondary N) is 1. The lowest BCUT2D eigenvalue weighted by Crippen LogP contribution is -2.36. The lowest BCUT2D eigenvalue weighted by molar-refractivity contribution is -0.121. The number of benzene rings is 2. The first-order valence-electron chi connectivity index (χ1n) is 11.4. The fraction of sp³-hybridized carbons (Fsp3) is 0.417. The van der Waals surface area contributed by atoms with E-state index in [1.807, 2.05) is 19.1 Å². The van der Waals surface area contributed by atoms with Crippen molar-refractivity contribution in [1.82, 2.24) is 14.9 Å². The molecule has 4 rings (SSSR count). The number of imidazole rings is 1. The van der Waals surface area contributed by atoms with Crippen LogP contribution in [-0.2, 0) is 27.8 Å². The summed E-state index contributed by atoms with van der Waals surface area (Å²) in [4.78, 5) is 17.8. The molecule has 176 valence electrons. The van der Waals surface area contributed by atoms with Gasteiger partial charge in [0.05, 0.1) is 27.2 Å². The molecular formula is C24H30N4O3S2. The van der Waals surface area contributed by atoms with Gasteiger partial charge in [-0.3, -0.25) is 4.79 Å². The average molecular weight is 487 g/mol. The Morgan fingerprint density at radius 3 is 2.85 bits per heavy atom. The minimum absolute atomic E-state index is 0.0268. The van der Waals surface area contributed by atoms with E-state index in [1.165, 1.54) is 35.0 Å². The van der Waals surface area contributed by atoms with Crippen LogP contribution in [0.5, 0.6) is 0 Å². The van der Waals surface area contributed by atoms with Crippen molar-refractivity contribution in [2.24, 2.45) is 5.14 Å². The van der Waals surface area contributed by atoms with Crippen LogP contribution in [0.1, 0.15) is 56.7 Å². The van der Waals surface area contributed by atoms with Crippen molar-refractivity contribution in [3.05, 3.63) is 53.6 Å². The molecule has 1 aromatic heterocycles. The van der Waals surface area contributed by atoms with Gasteiger partial charge in [0, 0.05) is 6.54 Å². The number of fused-ring (bicyclic) bond motifs is 2. The average Bonchev–Trinajstić information content (AvgIpc) is 3.13. The molecule has 2 aromatic carbocycles. The summed E-state index contributed by atoms with van der Waals surface area (Å²) in [6, 6.07) is 13.1. The number of sulfonamides is 1. The van der Waals surface area contributed by atoms with E-state index in [-0.39, 0.29) is 22.1 Å². The van der Waals surface area contributed by atoms with Crippen LogP contribution in [-0.4, -0.2) is 29.1 Å². The van der Waals surface area contributed by atoms with Gasteiger partial charge >= 0.3 is 0 Å². The maximum atomic E-state index is 13.1. The molecule has 0 unspecified atom stereocenters. The van der Waals surface area contributed by atoms with Crippen molar-refractivity contribution >= 4 is 38.7 Å². The van der Waals surface area contributed by atoms with E-state index >= 15 is 0 Å². The van der Waals surface area contributed by atoms with Gasteiger partial charge in [0.2, 0.25) is 15.9 Å². The molecule has 0 spiro atoms. The molecule has 1 amide bonds. The van der Waals surface area contributed by atoms with Gasteiger partial charge in [-0.25, -0.2) is 18.5 Å². The van der Waals surface area contributed by atoms with Gasteiger partial charge in [-0.2, -0.15) is 0 Å². The molecule has 9 heteroatoms. The fourth-order valence-electron chi connectivity index (χ4n) is 4.29. The number of hydrogen-bond acceptors (Lipinski definition) is 5. The second-order valence-electron chi connectivity index (χ2n) is 8.51. The second kappa shape index (κ2) is 9.87. The molecular weight excluding hydrogens is 456 g/mol. The van der Waals surface area contributed by atoms with Crippen LogP contribution in [0.15, 0.2) is 52.5 Å². The Labute approximate surface area is 199 Å². The summed E-state index contributed by atoms with van der Waals surface area (Å²) in [5.74, 6) is -0.0268. The first-order chi connectivity index (χ1) is 15.8. The summed E-state index contributed by atoms with van der Waals surface area (Å²) >= 11 is 1.40. The second-order valence-corrected chi connectivity index (χ2v) is 11.4. The number of nitrogens with zero attached hydrogens (tertiary/aromatic N) is 2. The van der Waals surface area contributed by atoms with Crippen LogP contribution < -0.4 is 10.5 Å². The molecule has 2 atom stereocenters. The zero-order valence-corrected chi connectivity index (χ0v) is 20.6. The molecule has 0 radical (unpaired) electrons. The first kappa shape index (κ1) is 23.8. The molecule has 0 saturated carbocycles. The summed E-state index contributed by atoms with van der Waals surface area (Å²) in [6.07, 6.45) is 5.01. The summed E-state index contributed by atoms with van der Waals surface area (Å²) in [5.41, 5.74) is 3.92. The highest BCUT2D eigenvalue weighted by molar-refractivity contribution is 8.00. The number of carbonyl (C=O) groups excluding carboxylic acids is 1. The minimum atomic E-state index is -3.81. The van der Waals surface area contributed by atoms with Gasteiger partial charge in [0.1, 0.15) is 0 Å². The predicted molar refractivity (Wildman–Crippen MR) is 132 cm³/mol. The van der Waals surface area contributed by atoms with E-state index in [1.54, 1.807) is 6.07 Å². The van der Waals surface area contributed by atoms with Crippen molar-refractivity contribution in [3.63, 3.8) is 0 Å². The van der Waals surface area contributed by atoms with Gasteiger partial charge < -0.3 is 9.88 Å². The van der Waals surface area contributed by atoms with Gasteiger partial charge in [-0.15, -0.1) is 0 Å². The fourth-order valence-corrected chi connectivity index (χ4v) is 5.78. The third kappa shape index (κ3) is 5.26. The number of unbranched alkanes of at least 4 members (excludes halogenated alkanes) is 1. The van der Waals surface area contributed by atoms with E-state index in [4.69, 9.17) is 5.14 Å². The molecule has 3 aromatic rings. The lowest BCUT2D eigenvalue weighted by Gasteiger charge is -2.27. The van der Waals surface area contributed by atoms with Crippen molar-refractivity contribution in [1.29, 1.82) is 0 Å². The van der Waals surface area contributed by atoms with Crippen LogP contribution in [0.4, 0.5) is 0 Å². The van der Waals surface area contributed by atoms with Gasteiger partial charge in [-0.05, 0) is 61.9 Å². The number of aromatic nitrogens is 2. The highest BCUT2D eigenvalue weighted by atomic mass is 32.2. The molecule has 7 nitrogen and oxygen atoms in total. The van der Waals surface area contributed by atoms with Crippen LogP contribution in [0, 0.1) is 0 Å². The third-order valence-corrected chi connectivity index (χ3v) is 8.09. The zero-order valence-electron chi connectivity index (χ0n) is 19.0. The van der Waals surface area contributed by atoms with Crippen LogP contribution >= 0.6 is 11.8 Å². The van der Waals surface area contributed by atoms with E-state index in [0.29, 0.717) is 10.7 Å². The summed E-state index contributed by atoms with van der Waals surface area (Å²) in [7, 11) is -3.81. The zero-order chi connectivity index (χ0) is 23.6. The normalized spacial score (nSPS) is 17.0. The number of primary sulfonamides is 1. The van der Waals surface area contributed by atoms with E-state index in [2.05, 4.69) is 33.9 Å². The molecule has 1 aliphatic rings. The van der Waals surface area contributed by atoms with Crippen molar-refractivity contribution in [2.45, 2.75) is 73.8 Å². The molecule has 1 heterocycles. The lowest BCUT2D eigenvalue weighted by atomic mass is 9.88. The number of rotatable bonds is 8. The highest BCUT2D eigenvalue weighted by Gasteiger charge is 2.25. The van der Waals surface area contributed by atoms with Gasteiger partial charge in [0.25, 0.3) is 0 Å². The maximum Gasteiger partial charge on any atom is 0.238 e. The Bertz CT molecular complexity index is 1270. The number of nitrogens with two attached hydrogens (primary N) is 1. The Hall–Kier alpha value is -2.36. The minimum Gasteiger partial charge on any atom is -0.348 e. The third-order valence-electron chi connectivity index (χ3n) is 6.09. The topological polar surface area (TPSA) is 107 Å². The predicted octanol–water partition coefficient (Wildman–Crippen LogP) is 4.16. The Morgan fingerprint density at radius 1 is 1.30 bits per heavy atom. The maximum absolute atomic E-state index is 13.1. The Morgan fingerprint density at radius 2 is 2.09 bits per heavy atom. The standard InChI is InChI=1S/C24H30N4O3S2/c1-3-4-14-28-22-13-12-18(33(25,30)31)15-21(22)27-24(28)32-16(2)23(29)26-20-11-7-9-17-8-5-6-10-19(17)20/h5-6,8,10,12-13,15-16,20H,3-4,7,9,11,14H2,1-2H3,(H,26,29)(H2,25,30,31)/t16-,20-/m0/s1. The summed E-state index contributed by atoms with van der Waals surface area (Å²) in [5, 5.41) is 8.88. The van der Waals surface area contributed by atoms with E-state index < -0.39 is 10.0 Å². The molecule has 3 N–H and O–H groups in total. The summed E-state index contributed by atoms with van der Waals surface area (Å²) < 4.78 is 25.6. The summed E-state index contributed by atoms with van der Waals surface area (Å²) in [6.45, 7) is 4.74.